The van der Waals surface area contributed by atoms with Crippen LogP contribution in [0.5, 0.6) is 0 Å². The molecule has 0 heterocycles. The molecule has 0 fully saturated rings. The molecular formula is C16H17N3O3. The van der Waals surface area contributed by atoms with Crippen LogP contribution in [0, 0.1) is 24.0 Å². The van der Waals surface area contributed by atoms with E-state index in [1.807, 2.05) is 26.0 Å². The number of amides is 1. The second kappa shape index (κ2) is 6.26. The number of aryl methyl sites for hydroxylation is 2. The summed E-state index contributed by atoms with van der Waals surface area (Å²) in [5, 5.41) is 14.3. The van der Waals surface area contributed by atoms with E-state index in [0.29, 0.717) is 5.56 Å². The number of carbonyl (C=O) groups is 1. The lowest BCUT2D eigenvalue weighted by Crippen LogP contribution is -2.12. The van der Waals surface area contributed by atoms with Crippen LogP contribution in [0.1, 0.15) is 27.0 Å². The van der Waals surface area contributed by atoms with E-state index in [0.717, 1.165) is 16.8 Å². The fourth-order valence-corrected chi connectivity index (χ4v) is 2.31. The second-order valence-corrected chi connectivity index (χ2v) is 5.19. The summed E-state index contributed by atoms with van der Waals surface area (Å²) in [6, 6.07) is 10.2. The number of anilines is 1. The summed E-state index contributed by atoms with van der Waals surface area (Å²) >= 11 is 0. The Hall–Kier alpha value is -2.89. The second-order valence-electron chi connectivity index (χ2n) is 5.19. The van der Waals surface area contributed by atoms with Crippen molar-refractivity contribution in [2.75, 3.05) is 5.32 Å². The van der Waals surface area contributed by atoms with Gasteiger partial charge in [0.05, 0.1) is 4.92 Å². The van der Waals surface area contributed by atoms with Crippen molar-refractivity contribution in [3.8, 4) is 0 Å². The van der Waals surface area contributed by atoms with Gasteiger partial charge in [0.15, 0.2) is 0 Å². The molecule has 114 valence electrons. The number of nitro groups is 1. The molecule has 0 radical (unpaired) electrons. The zero-order valence-electron chi connectivity index (χ0n) is 12.4. The molecule has 0 aliphatic rings. The first-order chi connectivity index (χ1) is 10.4. The van der Waals surface area contributed by atoms with Crippen LogP contribution in [0.25, 0.3) is 0 Å². The molecule has 0 saturated heterocycles. The van der Waals surface area contributed by atoms with E-state index in [4.69, 9.17) is 5.73 Å². The highest BCUT2D eigenvalue weighted by Gasteiger charge is 2.16. The van der Waals surface area contributed by atoms with Crippen molar-refractivity contribution in [2.45, 2.75) is 20.4 Å². The Balaban J connectivity index is 2.25. The maximum Gasteiger partial charge on any atom is 0.275 e. The highest BCUT2D eigenvalue weighted by Crippen LogP contribution is 2.22. The van der Waals surface area contributed by atoms with Gasteiger partial charge in [-0.25, -0.2) is 0 Å². The molecule has 0 aliphatic heterocycles. The van der Waals surface area contributed by atoms with Crippen LogP contribution in [-0.2, 0) is 6.54 Å². The number of nitrogens with one attached hydrogen (secondary N) is 1. The molecule has 3 N–H and O–H groups in total. The van der Waals surface area contributed by atoms with Gasteiger partial charge < -0.3 is 11.1 Å². The summed E-state index contributed by atoms with van der Waals surface area (Å²) < 4.78 is 0. The summed E-state index contributed by atoms with van der Waals surface area (Å²) in [4.78, 5) is 21.8. The van der Waals surface area contributed by atoms with E-state index in [1.165, 1.54) is 12.1 Å². The smallest absolute Gasteiger partial charge is 0.275 e. The predicted octanol–water partition coefficient (Wildman–Crippen LogP) is 2.92. The Morgan fingerprint density at radius 3 is 2.36 bits per heavy atom. The van der Waals surface area contributed by atoms with E-state index >= 15 is 0 Å². The monoisotopic (exact) mass is 299 g/mol. The Bertz CT molecular complexity index is 721. The highest BCUT2D eigenvalue weighted by atomic mass is 16.6. The van der Waals surface area contributed by atoms with Gasteiger partial charge in [-0.05, 0) is 49.2 Å². The molecular weight excluding hydrogens is 282 g/mol. The fourth-order valence-electron chi connectivity index (χ4n) is 2.31. The predicted molar refractivity (Wildman–Crippen MR) is 84.9 cm³/mol. The number of nitrogens with two attached hydrogens (primary N) is 1. The number of carbonyl (C=O) groups excluding carboxylic acids is 1. The van der Waals surface area contributed by atoms with E-state index in [1.54, 1.807) is 6.07 Å². The summed E-state index contributed by atoms with van der Waals surface area (Å²) in [6.45, 7) is 4.27. The maximum absolute atomic E-state index is 11.1. The van der Waals surface area contributed by atoms with Crippen LogP contribution in [0.4, 0.5) is 11.4 Å². The fraction of sp³-hybridized carbons (Fsp3) is 0.188. The minimum Gasteiger partial charge on any atom is -0.381 e. The van der Waals surface area contributed by atoms with Gasteiger partial charge >= 0.3 is 0 Å². The molecule has 0 aliphatic carbocycles. The molecule has 2 aromatic carbocycles. The first-order valence-electron chi connectivity index (χ1n) is 6.76. The molecule has 22 heavy (non-hydrogen) atoms. The van der Waals surface area contributed by atoms with Crippen LogP contribution in [0.2, 0.25) is 0 Å². The lowest BCUT2D eigenvalue weighted by atomic mass is 10.1. The molecule has 0 spiro atoms. The standard InChI is InChI=1S/C16H17N3O3/c1-10-5-11(2)7-14(6-10)18-9-13-4-3-12(16(17)20)8-15(13)19(21)22/h3-8,18H,9H2,1-2H3,(H2,17,20). The number of hydrogen-bond acceptors (Lipinski definition) is 4. The number of rotatable bonds is 5. The molecule has 0 aromatic heterocycles. The van der Waals surface area contributed by atoms with Crippen molar-refractivity contribution in [3.05, 3.63) is 68.8 Å². The summed E-state index contributed by atoms with van der Waals surface area (Å²) in [6.07, 6.45) is 0. The topological polar surface area (TPSA) is 98.3 Å². The van der Waals surface area contributed by atoms with Crippen molar-refractivity contribution in [1.29, 1.82) is 0 Å². The Morgan fingerprint density at radius 2 is 1.82 bits per heavy atom. The van der Waals surface area contributed by atoms with Gasteiger partial charge in [-0.1, -0.05) is 6.07 Å². The minimum absolute atomic E-state index is 0.117. The van der Waals surface area contributed by atoms with Gasteiger partial charge in [0.1, 0.15) is 0 Å². The van der Waals surface area contributed by atoms with Crippen LogP contribution >= 0.6 is 0 Å². The number of nitrogens with zero attached hydrogens (tertiary/aromatic N) is 1. The van der Waals surface area contributed by atoms with Gasteiger partial charge in [0.2, 0.25) is 5.91 Å². The normalized spacial score (nSPS) is 10.3. The van der Waals surface area contributed by atoms with E-state index in [9.17, 15) is 14.9 Å². The summed E-state index contributed by atoms with van der Waals surface area (Å²) in [5.74, 6) is -0.683. The van der Waals surface area contributed by atoms with E-state index in [2.05, 4.69) is 11.4 Å². The summed E-state index contributed by atoms with van der Waals surface area (Å²) in [7, 11) is 0. The number of benzene rings is 2. The lowest BCUT2D eigenvalue weighted by Gasteiger charge is -2.09. The van der Waals surface area contributed by atoms with E-state index < -0.39 is 10.8 Å². The first kappa shape index (κ1) is 15.5. The average Bonchev–Trinajstić information content (AvgIpc) is 2.43. The van der Waals surface area contributed by atoms with Crippen molar-refractivity contribution in [3.63, 3.8) is 0 Å². The molecule has 6 nitrogen and oxygen atoms in total. The molecule has 6 heteroatoms. The molecule has 0 saturated carbocycles. The minimum atomic E-state index is -0.683. The first-order valence-corrected chi connectivity index (χ1v) is 6.76. The van der Waals surface area contributed by atoms with Crippen molar-refractivity contribution in [1.82, 2.24) is 0 Å². The quantitative estimate of drug-likeness (QED) is 0.655. The maximum atomic E-state index is 11.1. The number of hydrogen-bond donors (Lipinski definition) is 2. The number of primary amides is 1. The van der Waals surface area contributed by atoms with Crippen molar-refractivity contribution in [2.24, 2.45) is 5.73 Å². The van der Waals surface area contributed by atoms with Gasteiger partial charge in [-0.15, -0.1) is 0 Å². The lowest BCUT2D eigenvalue weighted by molar-refractivity contribution is -0.385. The average molecular weight is 299 g/mol. The van der Waals surface area contributed by atoms with Crippen LogP contribution in [0.3, 0.4) is 0 Å². The summed E-state index contributed by atoms with van der Waals surface area (Å²) in [5.41, 5.74) is 8.78. The third-order valence-electron chi connectivity index (χ3n) is 3.27. The van der Waals surface area contributed by atoms with Crippen LogP contribution in [0.15, 0.2) is 36.4 Å². The van der Waals surface area contributed by atoms with Gasteiger partial charge in [-0.3, -0.25) is 14.9 Å². The molecule has 0 atom stereocenters. The van der Waals surface area contributed by atoms with Crippen molar-refractivity contribution < 1.29 is 9.72 Å². The third-order valence-corrected chi connectivity index (χ3v) is 3.27. The molecule has 1 amide bonds. The Kier molecular flexibility index (Phi) is 4.41. The molecule has 0 bridgehead atoms. The molecule has 2 aromatic rings. The van der Waals surface area contributed by atoms with Crippen molar-refractivity contribution >= 4 is 17.3 Å². The zero-order valence-corrected chi connectivity index (χ0v) is 12.4. The Labute approximate surface area is 128 Å². The van der Waals surface area contributed by atoms with Crippen LogP contribution < -0.4 is 11.1 Å². The Morgan fingerprint density at radius 1 is 1.18 bits per heavy atom. The third kappa shape index (κ3) is 3.60. The van der Waals surface area contributed by atoms with Crippen LogP contribution in [-0.4, -0.2) is 10.8 Å². The molecule has 0 unspecified atom stereocenters. The number of nitro benzene ring substituents is 1. The zero-order chi connectivity index (χ0) is 16.3. The van der Waals surface area contributed by atoms with Gasteiger partial charge in [0, 0.05) is 29.4 Å². The SMILES string of the molecule is Cc1cc(C)cc(NCc2ccc(C(N)=O)cc2[N+](=O)[O-])c1. The molecule has 2 rings (SSSR count). The van der Waals surface area contributed by atoms with Gasteiger partial charge in [0.25, 0.3) is 5.69 Å². The largest absolute Gasteiger partial charge is 0.381 e. The van der Waals surface area contributed by atoms with E-state index in [-0.39, 0.29) is 17.8 Å². The van der Waals surface area contributed by atoms with Gasteiger partial charge in [-0.2, -0.15) is 0 Å². The highest BCUT2D eigenvalue weighted by molar-refractivity contribution is 5.93.